The summed E-state index contributed by atoms with van der Waals surface area (Å²) in [5.41, 5.74) is 6.20. The van der Waals surface area contributed by atoms with E-state index in [0.717, 1.165) is 0 Å². The summed E-state index contributed by atoms with van der Waals surface area (Å²) >= 11 is 0. The van der Waals surface area contributed by atoms with E-state index in [2.05, 4.69) is 5.32 Å². The van der Waals surface area contributed by atoms with Crippen molar-refractivity contribution in [1.82, 2.24) is 0 Å². The number of esters is 1. The molecule has 0 aliphatic heterocycles. The van der Waals surface area contributed by atoms with Crippen molar-refractivity contribution in [3.8, 4) is 0 Å². The standard InChI is InChI=1S/C11H14N2O3.ClH/c1-2-16-11(15)8-3-5-9(6-4-8)13-10(14)7-12;/h3-6H,2,7,12H2,1H3,(H,13,14);1H. The molecule has 0 saturated heterocycles. The minimum atomic E-state index is -0.376. The largest absolute Gasteiger partial charge is 0.462 e. The lowest BCUT2D eigenvalue weighted by atomic mass is 10.2. The molecule has 0 heterocycles. The molecule has 0 fully saturated rings. The number of amides is 1. The average molecular weight is 259 g/mol. The number of halogens is 1. The Morgan fingerprint density at radius 1 is 1.29 bits per heavy atom. The number of carbonyl (C=O) groups excluding carboxylic acids is 2. The van der Waals surface area contributed by atoms with E-state index in [-0.39, 0.29) is 30.8 Å². The topological polar surface area (TPSA) is 81.4 Å². The van der Waals surface area contributed by atoms with E-state index in [1.165, 1.54) is 0 Å². The highest BCUT2D eigenvalue weighted by Gasteiger charge is 2.06. The van der Waals surface area contributed by atoms with Gasteiger partial charge in [0.1, 0.15) is 0 Å². The van der Waals surface area contributed by atoms with Crippen LogP contribution in [-0.4, -0.2) is 25.0 Å². The highest BCUT2D eigenvalue weighted by atomic mass is 35.5. The fourth-order valence-corrected chi connectivity index (χ4v) is 1.12. The smallest absolute Gasteiger partial charge is 0.338 e. The second-order valence-electron chi connectivity index (χ2n) is 3.05. The highest BCUT2D eigenvalue weighted by Crippen LogP contribution is 2.10. The Kier molecular flexibility index (Phi) is 6.93. The molecule has 1 aromatic rings. The second kappa shape index (κ2) is 7.65. The van der Waals surface area contributed by atoms with Crippen LogP contribution in [0.4, 0.5) is 5.69 Å². The zero-order chi connectivity index (χ0) is 12.0. The van der Waals surface area contributed by atoms with Gasteiger partial charge in [0.2, 0.25) is 5.91 Å². The van der Waals surface area contributed by atoms with Crippen molar-refractivity contribution in [1.29, 1.82) is 0 Å². The van der Waals surface area contributed by atoms with Crippen molar-refractivity contribution in [3.63, 3.8) is 0 Å². The Morgan fingerprint density at radius 2 is 1.88 bits per heavy atom. The van der Waals surface area contributed by atoms with Crippen molar-refractivity contribution in [2.45, 2.75) is 6.92 Å². The van der Waals surface area contributed by atoms with Gasteiger partial charge in [-0.3, -0.25) is 4.79 Å². The summed E-state index contributed by atoms with van der Waals surface area (Å²) in [5, 5.41) is 2.57. The van der Waals surface area contributed by atoms with Crippen molar-refractivity contribution < 1.29 is 14.3 Å². The normalized spacial score (nSPS) is 9.06. The molecule has 1 rings (SSSR count). The lowest BCUT2D eigenvalue weighted by Gasteiger charge is -2.05. The van der Waals surface area contributed by atoms with E-state index in [9.17, 15) is 9.59 Å². The van der Waals surface area contributed by atoms with Crippen LogP contribution in [0, 0.1) is 0 Å². The monoisotopic (exact) mass is 258 g/mol. The number of ether oxygens (including phenoxy) is 1. The minimum absolute atomic E-state index is 0. The minimum Gasteiger partial charge on any atom is -0.462 e. The van der Waals surface area contributed by atoms with Gasteiger partial charge in [0.05, 0.1) is 18.7 Å². The molecule has 0 atom stereocenters. The van der Waals surface area contributed by atoms with Crippen molar-refractivity contribution in [3.05, 3.63) is 29.8 Å². The van der Waals surface area contributed by atoms with Crippen LogP contribution in [0.15, 0.2) is 24.3 Å². The summed E-state index contributed by atoms with van der Waals surface area (Å²) in [6, 6.07) is 6.42. The Balaban J connectivity index is 0.00000256. The van der Waals surface area contributed by atoms with Crippen molar-refractivity contribution >= 4 is 30.0 Å². The molecule has 0 aliphatic carbocycles. The maximum absolute atomic E-state index is 11.3. The molecule has 0 saturated carbocycles. The van der Waals surface area contributed by atoms with E-state index >= 15 is 0 Å². The van der Waals surface area contributed by atoms with Gasteiger partial charge in [0.15, 0.2) is 0 Å². The molecule has 0 bridgehead atoms. The zero-order valence-electron chi connectivity index (χ0n) is 9.43. The third-order valence-electron chi connectivity index (χ3n) is 1.87. The maximum atomic E-state index is 11.3. The lowest BCUT2D eigenvalue weighted by molar-refractivity contribution is -0.114. The molecule has 1 amide bonds. The van der Waals surface area contributed by atoms with Gasteiger partial charge in [0, 0.05) is 5.69 Å². The molecule has 5 nitrogen and oxygen atoms in total. The zero-order valence-corrected chi connectivity index (χ0v) is 10.3. The quantitative estimate of drug-likeness (QED) is 0.795. The summed E-state index contributed by atoms with van der Waals surface area (Å²) < 4.78 is 4.82. The van der Waals surface area contributed by atoms with Crippen LogP contribution in [0.1, 0.15) is 17.3 Å². The van der Waals surface area contributed by atoms with Gasteiger partial charge in [-0.1, -0.05) is 0 Å². The molecule has 0 aromatic heterocycles. The third-order valence-corrected chi connectivity index (χ3v) is 1.87. The first kappa shape index (κ1) is 15.4. The molecular weight excluding hydrogens is 244 g/mol. The highest BCUT2D eigenvalue weighted by molar-refractivity contribution is 5.93. The third kappa shape index (κ3) is 4.84. The van der Waals surface area contributed by atoms with Crippen LogP contribution in [0.25, 0.3) is 0 Å². The first-order valence-electron chi connectivity index (χ1n) is 4.94. The van der Waals surface area contributed by atoms with Crippen LogP contribution in [-0.2, 0) is 9.53 Å². The van der Waals surface area contributed by atoms with Gasteiger partial charge in [0.25, 0.3) is 0 Å². The van der Waals surface area contributed by atoms with Crippen LogP contribution < -0.4 is 11.1 Å². The van der Waals surface area contributed by atoms with Crippen LogP contribution in [0.3, 0.4) is 0 Å². The second-order valence-corrected chi connectivity index (χ2v) is 3.05. The van der Waals surface area contributed by atoms with Gasteiger partial charge in [-0.25, -0.2) is 4.79 Å². The van der Waals surface area contributed by atoms with Crippen LogP contribution in [0.5, 0.6) is 0 Å². The number of anilines is 1. The first-order chi connectivity index (χ1) is 7.67. The Bertz CT molecular complexity index is 379. The van der Waals surface area contributed by atoms with Gasteiger partial charge in [-0.15, -0.1) is 12.4 Å². The molecule has 0 spiro atoms. The molecule has 1 aromatic carbocycles. The van der Waals surface area contributed by atoms with E-state index < -0.39 is 0 Å². The maximum Gasteiger partial charge on any atom is 0.338 e. The molecule has 94 valence electrons. The molecule has 17 heavy (non-hydrogen) atoms. The van der Waals surface area contributed by atoms with E-state index in [1.54, 1.807) is 31.2 Å². The fraction of sp³-hybridized carbons (Fsp3) is 0.273. The molecule has 0 aliphatic rings. The number of rotatable bonds is 4. The predicted molar refractivity (Wildman–Crippen MR) is 67.3 cm³/mol. The Morgan fingerprint density at radius 3 is 2.35 bits per heavy atom. The summed E-state index contributed by atoms with van der Waals surface area (Å²) in [5.74, 6) is -0.650. The SMILES string of the molecule is CCOC(=O)c1ccc(NC(=O)CN)cc1.Cl. The molecule has 6 heteroatoms. The lowest BCUT2D eigenvalue weighted by Crippen LogP contribution is -2.21. The molecular formula is C11H15ClN2O3. The predicted octanol–water partition coefficient (Wildman–Crippen LogP) is 1.18. The van der Waals surface area contributed by atoms with Crippen LogP contribution in [0.2, 0.25) is 0 Å². The number of hydrogen-bond acceptors (Lipinski definition) is 4. The summed E-state index contributed by atoms with van der Waals surface area (Å²) in [6.45, 7) is 2.01. The van der Waals surface area contributed by atoms with Gasteiger partial charge in [-0.05, 0) is 31.2 Å². The van der Waals surface area contributed by atoms with E-state index in [1.807, 2.05) is 0 Å². The van der Waals surface area contributed by atoms with Gasteiger partial charge >= 0.3 is 5.97 Å². The number of nitrogens with two attached hydrogens (primary N) is 1. The summed E-state index contributed by atoms with van der Waals surface area (Å²) in [4.78, 5) is 22.3. The van der Waals surface area contributed by atoms with Crippen molar-refractivity contribution in [2.75, 3.05) is 18.5 Å². The average Bonchev–Trinajstić information content (AvgIpc) is 2.30. The molecule has 3 N–H and O–H groups in total. The summed E-state index contributed by atoms with van der Waals surface area (Å²) in [6.07, 6.45) is 0. The fourth-order valence-electron chi connectivity index (χ4n) is 1.12. The van der Waals surface area contributed by atoms with E-state index in [0.29, 0.717) is 17.9 Å². The van der Waals surface area contributed by atoms with Gasteiger partial charge in [-0.2, -0.15) is 0 Å². The number of hydrogen-bond donors (Lipinski definition) is 2. The molecule has 0 unspecified atom stereocenters. The molecule has 0 radical (unpaired) electrons. The van der Waals surface area contributed by atoms with Crippen molar-refractivity contribution in [2.24, 2.45) is 5.73 Å². The number of carbonyl (C=O) groups is 2. The first-order valence-corrected chi connectivity index (χ1v) is 4.94. The van der Waals surface area contributed by atoms with E-state index in [4.69, 9.17) is 10.5 Å². The Hall–Kier alpha value is -1.59. The Labute approximate surface area is 106 Å². The number of benzene rings is 1. The van der Waals surface area contributed by atoms with Crippen LogP contribution >= 0.6 is 12.4 Å². The summed E-state index contributed by atoms with van der Waals surface area (Å²) in [7, 11) is 0. The van der Waals surface area contributed by atoms with Gasteiger partial charge < -0.3 is 15.8 Å². The number of nitrogens with one attached hydrogen (secondary N) is 1.